The van der Waals surface area contributed by atoms with Gasteiger partial charge in [0, 0.05) is 19.3 Å². The van der Waals surface area contributed by atoms with E-state index in [9.17, 15) is 4.79 Å². The van der Waals surface area contributed by atoms with Crippen LogP contribution in [0.5, 0.6) is 0 Å². The molecule has 118 valence electrons. The van der Waals surface area contributed by atoms with E-state index in [2.05, 4.69) is 4.98 Å². The molecule has 6 heteroatoms. The van der Waals surface area contributed by atoms with Crippen molar-refractivity contribution in [3.8, 4) is 6.07 Å². The van der Waals surface area contributed by atoms with Crippen LogP contribution in [-0.4, -0.2) is 34.7 Å². The van der Waals surface area contributed by atoms with Gasteiger partial charge >= 0.3 is 6.09 Å². The number of carbonyl (C=O) groups excluding carboxylic acids is 1. The summed E-state index contributed by atoms with van der Waals surface area (Å²) < 4.78 is 5.39. The lowest BCUT2D eigenvalue weighted by Crippen LogP contribution is -2.41. The van der Waals surface area contributed by atoms with Crippen molar-refractivity contribution in [2.75, 3.05) is 18.8 Å². The molecule has 2 heterocycles. The monoisotopic (exact) mass is 302 g/mol. The highest BCUT2D eigenvalue weighted by atomic mass is 16.6. The van der Waals surface area contributed by atoms with E-state index in [0.29, 0.717) is 18.8 Å². The molecule has 0 bridgehead atoms. The van der Waals surface area contributed by atoms with Crippen molar-refractivity contribution < 1.29 is 9.53 Å². The lowest BCUT2D eigenvalue weighted by molar-refractivity contribution is 0.0205. The minimum Gasteiger partial charge on any atom is -0.444 e. The fourth-order valence-electron chi connectivity index (χ4n) is 2.63. The Balaban J connectivity index is 2.01. The van der Waals surface area contributed by atoms with E-state index in [1.807, 2.05) is 32.9 Å². The second kappa shape index (κ2) is 6.22. The Bertz CT molecular complexity index is 593. The van der Waals surface area contributed by atoms with Crippen LogP contribution in [0.2, 0.25) is 0 Å². The number of nitrogens with zero attached hydrogens (tertiary/aromatic N) is 3. The van der Waals surface area contributed by atoms with Crippen molar-refractivity contribution in [3.63, 3.8) is 0 Å². The second-order valence-corrected chi connectivity index (χ2v) is 6.52. The standard InChI is InChI=1S/C16H22N4O2/c1-16(2,3)22-15(21)20-8-5-11(6-9-20)12-4-7-19-13(10-17)14(12)18/h4,7,11H,5-6,8-9,18H2,1-3H3. The van der Waals surface area contributed by atoms with Crippen LogP contribution in [0, 0.1) is 11.3 Å². The first-order valence-electron chi connectivity index (χ1n) is 7.44. The highest BCUT2D eigenvalue weighted by Gasteiger charge is 2.28. The number of hydrogen-bond donors (Lipinski definition) is 1. The Kier molecular flexibility index (Phi) is 4.55. The summed E-state index contributed by atoms with van der Waals surface area (Å²) in [4.78, 5) is 17.7. The molecule has 1 saturated heterocycles. The van der Waals surface area contributed by atoms with Gasteiger partial charge in [0.2, 0.25) is 0 Å². The number of piperidine rings is 1. The zero-order valence-corrected chi connectivity index (χ0v) is 13.3. The Labute approximate surface area is 130 Å². The highest BCUT2D eigenvalue weighted by Crippen LogP contribution is 2.32. The molecule has 1 aliphatic rings. The molecule has 1 aromatic rings. The number of amides is 1. The van der Waals surface area contributed by atoms with Gasteiger partial charge in [0.25, 0.3) is 0 Å². The van der Waals surface area contributed by atoms with E-state index in [-0.39, 0.29) is 17.7 Å². The Morgan fingerprint density at radius 3 is 2.64 bits per heavy atom. The summed E-state index contributed by atoms with van der Waals surface area (Å²) in [5, 5.41) is 9.00. The lowest BCUT2D eigenvalue weighted by Gasteiger charge is -2.34. The van der Waals surface area contributed by atoms with Crippen LogP contribution in [0.15, 0.2) is 12.3 Å². The number of carbonyl (C=O) groups is 1. The van der Waals surface area contributed by atoms with Crippen LogP contribution in [-0.2, 0) is 4.74 Å². The van der Waals surface area contributed by atoms with E-state index in [1.165, 1.54) is 0 Å². The van der Waals surface area contributed by atoms with Gasteiger partial charge in [-0.3, -0.25) is 0 Å². The van der Waals surface area contributed by atoms with Gasteiger partial charge in [0.05, 0.1) is 5.69 Å². The average Bonchev–Trinajstić information content (AvgIpc) is 2.46. The molecule has 0 unspecified atom stereocenters. The zero-order chi connectivity index (χ0) is 16.3. The van der Waals surface area contributed by atoms with Crippen LogP contribution in [0.1, 0.15) is 50.8 Å². The third kappa shape index (κ3) is 3.67. The molecule has 0 spiro atoms. The van der Waals surface area contributed by atoms with Gasteiger partial charge in [-0.2, -0.15) is 5.26 Å². The minimum absolute atomic E-state index is 0.244. The summed E-state index contributed by atoms with van der Waals surface area (Å²) in [6.07, 6.45) is 2.95. The molecule has 6 nitrogen and oxygen atoms in total. The first-order valence-corrected chi connectivity index (χ1v) is 7.44. The number of aromatic nitrogens is 1. The number of likely N-dealkylation sites (tertiary alicyclic amines) is 1. The largest absolute Gasteiger partial charge is 0.444 e. The van der Waals surface area contributed by atoms with Gasteiger partial charge in [0.15, 0.2) is 5.69 Å². The van der Waals surface area contributed by atoms with Crippen LogP contribution in [0.3, 0.4) is 0 Å². The summed E-state index contributed by atoms with van der Waals surface area (Å²) >= 11 is 0. The molecule has 0 radical (unpaired) electrons. The maximum atomic E-state index is 12.1. The smallest absolute Gasteiger partial charge is 0.410 e. The maximum Gasteiger partial charge on any atom is 0.410 e. The van der Waals surface area contributed by atoms with Gasteiger partial charge in [-0.1, -0.05) is 0 Å². The SMILES string of the molecule is CC(C)(C)OC(=O)N1CCC(c2ccnc(C#N)c2N)CC1. The third-order valence-electron chi connectivity index (χ3n) is 3.72. The van der Waals surface area contributed by atoms with E-state index in [0.717, 1.165) is 18.4 Å². The van der Waals surface area contributed by atoms with Crippen molar-refractivity contribution in [2.45, 2.75) is 45.1 Å². The fraction of sp³-hybridized carbons (Fsp3) is 0.562. The van der Waals surface area contributed by atoms with E-state index >= 15 is 0 Å². The number of ether oxygens (including phenoxy) is 1. The van der Waals surface area contributed by atoms with Gasteiger partial charge in [-0.05, 0) is 51.2 Å². The summed E-state index contributed by atoms with van der Waals surface area (Å²) in [5.41, 5.74) is 7.21. The molecule has 1 aromatic heterocycles. The Morgan fingerprint density at radius 1 is 1.45 bits per heavy atom. The summed E-state index contributed by atoms with van der Waals surface area (Å²) in [6, 6.07) is 3.87. The molecular weight excluding hydrogens is 280 g/mol. The lowest BCUT2D eigenvalue weighted by atomic mass is 9.88. The summed E-state index contributed by atoms with van der Waals surface area (Å²) in [6.45, 7) is 6.84. The molecule has 1 fully saturated rings. The average molecular weight is 302 g/mol. The highest BCUT2D eigenvalue weighted by molar-refractivity contribution is 5.68. The van der Waals surface area contributed by atoms with E-state index in [4.69, 9.17) is 15.7 Å². The first kappa shape index (κ1) is 16.1. The minimum atomic E-state index is -0.481. The molecule has 1 amide bonds. The molecule has 0 atom stereocenters. The molecule has 2 rings (SSSR count). The van der Waals surface area contributed by atoms with Crippen molar-refractivity contribution in [1.29, 1.82) is 5.26 Å². The normalized spacial score (nSPS) is 16.2. The van der Waals surface area contributed by atoms with Crippen LogP contribution in [0.25, 0.3) is 0 Å². The van der Waals surface area contributed by atoms with E-state index < -0.39 is 5.60 Å². The number of nitriles is 1. The predicted octanol–water partition coefficient (Wildman–Crippen LogP) is 2.65. The van der Waals surface area contributed by atoms with E-state index in [1.54, 1.807) is 11.1 Å². The number of pyridine rings is 1. The summed E-state index contributed by atoms with van der Waals surface area (Å²) in [7, 11) is 0. The number of nitrogen functional groups attached to an aromatic ring is 1. The molecule has 22 heavy (non-hydrogen) atoms. The third-order valence-corrected chi connectivity index (χ3v) is 3.72. The molecule has 0 aromatic carbocycles. The van der Waals surface area contributed by atoms with Crippen molar-refractivity contribution in [1.82, 2.24) is 9.88 Å². The number of hydrogen-bond acceptors (Lipinski definition) is 5. The molecule has 2 N–H and O–H groups in total. The van der Waals surface area contributed by atoms with Gasteiger partial charge in [-0.15, -0.1) is 0 Å². The number of anilines is 1. The van der Waals surface area contributed by atoms with Crippen molar-refractivity contribution in [2.24, 2.45) is 0 Å². The van der Waals surface area contributed by atoms with Gasteiger partial charge in [0.1, 0.15) is 11.7 Å². The summed E-state index contributed by atoms with van der Waals surface area (Å²) in [5.74, 6) is 0.244. The van der Waals surface area contributed by atoms with Crippen LogP contribution >= 0.6 is 0 Å². The Hall–Kier alpha value is -2.29. The topological polar surface area (TPSA) is 92.2 Å². The van der Waals surface area contributed by atoms with Gasteiger partial charge in [-0.25, -0.2) is 9.78 Å². The molecule has 1 aliphatic heterocycles. The van der Waals surface area contributed by atoms with Crippen LogP contribution < -0.4 is 5.73 Å². The molecular formula is C16H22N4O2. The molecule has 0 aliphatic carbocycles. The fourth-order valence-corrected chi connectivity index (χ4v) is 2.63. The van der Waals surface area contributed by atoms with Crippen LogP contribution in [0.4, 0.5) is 10.5 Å². The van der Waals surface area contributed by atoms with Crippen molar-refractivity contribution in [3.05, 3.63) is 23.5 Å². The molecule has 0 saturated carbocycles. The second-order valence-electron chi connectivity index (χ2n) is 6.52. The number of nitrogens with two attached hydrogens (primary N) is 1. The quantitative estimate of drug-likeness (QED) is 0.861. The van der Waals surface area contributed by atoms with Gasteiger partial charge < -0.3 is 15.4 Å². The first-order chi connectivity index (χ1) is 10.3. The zero-order valence-electron chi connectivity index (χ0n) is 13.3. The Morgan fingerprint density at radius 2 is 2.09 bits per heavy atom. The number of rotatable bonds is 1. The van der Waals surface area contributed by atoms with Crippen molar-refractivity contribution >= 4 is 11.8 Å². The predicted molar refractivity (Wildman–Crippen MR) is 83.1 cm³/mol. The maximum absolute atomic E-state index is 12.1.